The van der Waals surface area contributed by atoms with Crippen LogP contribution in [0.4, 0.5) is 5.95 Å². The highest BCUT2D eigenvalue weighted by Gasteiger charge is 2.32. The zero-order valence-corrected chi connectivity index (χ0v) is 22.4. The molecule has 0 spiro atoms. The van der Waals surface area contributed by atoms with Crippen molar-refractivity contribution in [1.82, 2.24) is 19.2 Å². The van der Waals surface area contributed by atoms with Gasteiger partial charge in [0.15, 0.2) is 0 Å². The van der Waals surface area contributed by atoms with Gasteiger partial charge in [-0.25, -0.2) is 22.7 Å². The summed E-state index contributed by atoms with van der Waals surface area (Å²) in [5.74, 6) is 0.464. The van der Waals surface area contributed by atoms with E-state index in [0.717, 1.165) is 44.1 Å². The van der Waals surface area contributed by atoms with Crippen LogP contribution in [0.3, 0.4) is 0 Å². The molecule has 0 aromatic carbocycles. The zero-order chi connectivity index (χ0) is 25.8. The fourth-order valence-corrected chi connectivity index (χ4v) is 5.99. The van der Waals surface area contributed by atoms with Crippen molar-refractivity contribution < 1.29 is 18.3 Å². The number of aliphatic hydroxyl groups is 1. The smallest absolute Gasteiger partial charge is 0.257 e. The minimum absolute atomic E-state index is 0.0613. The van der Waals surface area contributed by atoms with E-state index in [1.807, 2.05) is 0 Å². The van der Waals surface area contributed by atoms with E-state index in [-0.39, 0.29) is 30.0 Å². The second-order valence-electron chi connectivity index (χ2n) is 10.1. The van der Waals surface area contributed by atoms with Crippen LogP contribution in [0.1, 0.15) is 81.3 Å². The Morgan fingerprint density at radius 1 is 1.26 bits per heavy atom. The van der Waals surface area contributed by atoms with Crippen molar-refractivity contribution in [3.8, 4) is 0 Å². The molecule has 10 heteroatoms. The largest absolute Gasteiger partial charge is 0.393 e. The second kappa shape index (κ2) is 11.8. The molecule has 9 nitrogen and oxygen atoms in total. The van der Waals surface area contributed by atoms with Crippen LogP contribution >= 0.6 is 0 Å². The number of hydrogen-bond donors (Lipinski definition) is 2. The first-order valence-corrected chi connectivity index (χ1v) is 14.6. The maximum absolute atomic E-state index is 13.6. The van der Waals surface area contributed by atoms with E-state index in [4.69, 9.17) is 4.98 Å². The lowest BCUT2D eigenvalue weighted by Gasteiger charge is -2.36. The van der Waals surface area contributed by atoms with Gasteiger partial charge >= 0.3 is 0 Å². The number of nitrogens with zero attached hydrogens (tertiary/aromatic N) is 4. The van der Waals surface area contributed by atoms with Gasteiger partial charge in [0.05, 0.1) is 23.6 Å². The van der Waals surface area contributed by atoms with Crippen molar-refractivity contribution in [3.05, 3.63) is 24.0 Å². The number of allylic oxidation sites excluding steroid dienone is 1. The topological polar surface area (TPSA) is 116 Å². The monoisotopic (exact) mass is 507 g/mol. The van der Waals surface area contributed by atoms with Gasteiger partial charge in [-0.2, -0.15) is 0 Å². The number of aliphatic hydroxyl groups excluding tert-OH is 1. The molecule has 0 radical (unpaired) electrons. The van der Waals surface area contributed by atoms with Crippen molar-refractivity contribution in [2.24, 2.45) is 5.92 Å². The van der Waals surface area contributed by atoms with Crippen LogP contribution in [-0.2, 0) is 10.0 Å². The van der Waals surface area contributed by atoms with E-state index in [1.54, 1.807) is 18.1 Å². The molecule has 1 aliphatic carbocycles. The summed E-state index contributed by atoms with van der Waals surface area (Å²) in [4.78, 5) is 24.6. The van der Waals surface area contributed by atoms with Crippen molar-refractivity contribution in [2.45, 2.75) is 83.4 Å². The van der Waals surface area contributed by atoms with E-state index in [1.165, 1.54) is 10.6 Å². The lowest BCUT2D eigenvalue weighted by molar-refractivity contribution is 0.0680. The van der Waals surface area contributed by atoms with Gasteiger partial charge in [0.25, 0.3) is 5.91 Å². The maximum Gasteiger partial charge on any atom is 0.257 e. The quantitative estimate of drug-likeness (QED) is 0.527. The molecular formula is C25H41N5O4S. The summed E-state index contributed by atoms with van der Waals surface area (Å²) in [5.41, 5.74) is 1.80. The third kappa shape index (κ3) is 7.01. The predicted octanol–water partition coefficient (Wildman–Crippen LogP) is 3.14. The number of hydrogen-bond acceptors (Lipinski definition) is 7. The van der Waals surface area contributed by atoms with Crippen LogP contribution in [0.2, 0.25) is 0 Å². The molecule has 1 aromatic heterocycles. The average molecular weight is 508 g/mol. The van der Waals surface area contributed by atoms with Gasteiger partial charge in [0.1, 0.15) is 0 Å². The van der Waals surface area contributed by atoms with Crippen LogP contribution < -0.4 is 5.32 Å². The minimum Gasteiger partial charge on any atom is -0.393 e. The third-order valence-corrected chi connectivity index (χ3v) is 8.67. The van der Waals surface area contributed by atoms with E-state index in [9.17, 15) is 18.3 Å². The van der Waals surface area contributed by atoms with Gasteiger partial charge in [-0.05, 0) is 63.4 Å². The number of carbonyl (C=O) groups excluding carboxylic acids is 1. The number of sulfonamides is 1. The number of aromatic nitrogens is 2. The Balaban J connectivity index is 1.83. The molecule has 35 heavy (non-hydrogen) atoms. The molecule has 196 valence electrons. The maximum atomic E-state index is 13.6. The number of nitrogens with one attached hydrogen (secondary N) is 1. The van der Waals surface area contributed by atoms with Gasteiger partial charge in [-0.3, -0.25) is 4.79 Å². The summed E-state index contributed by atoms with van der Waals surface area (Å²) in [6.07, 6.45) is 8.79. The summed E-state index contributed by atoms with van der Waals surface area (Å²) >= 11 is 0. The van der Waals surface area contributed by atoms with Crippen LogP contribution in [0, 0.1) is 5.92 Å². The van der Waals surface area contributed by atoms with Gasteiger partial charge in [-0.15, -0.1) is 0 Å². The minimum atomic E-state index is -3.23. The SMILES string of the molecule is C=C(c1nc(NC(C)CCC)ncc1C(=O)N(C)C1CCN(S(C)(=O)=O)CC1)[C@H]1CC[C@@H](O)CC1. The highest BCUT2D eigenvalue weighted by molar-refractivity contribution is 7.88. The number of rotatable bonds is 9. The van der Waals surface area contributed by atoms with E-state index >= 15 is 0 Å². The Kier molecular flexibility index (Phi) is 9.28. The number of anilines is 1. The van der Waals surface area contributed by atoms with Crippen molar-refractivity contribution in [2.75, 3.05) is 31.7 Å². The summed E-state index contributed by atoms with van der Waals surface area (Å²) in [6.45, 7) is 9.35. The highest BCUT2D eigenvalue weighted by atomic mass is 32.2. The summed E-state index contributed by atoms with van der Waals surface area (Å²) < 4.78 is 25.2. The third-order valence-electron chi connectivity index (χ3n) is 7.37. The number of piperidine rings is 1. The summed E-state index contributed by atoms with van der Waals surface area (Å²) in [5, 5.41) is 13.3. The van der Waals surface area contributed by atoms with Crippen molar-refractivity contribution >= 4 is 27.5 Å². The van der Waals surface area contributed by atoms with Gasteiger partial charge in [0.2, 0.25) is 16.0 Å². The average Bonchev–Trinajstić information content (AvgIpc) is 2.83. The fourth-order valence-electron chi connectivity index (χ4n) is 5.11. The molecule has 1 unspecified atom stereocenters. The van der Waals surface area contributed by atoms with Crippen LogP contribution in [0.15, 0.2) is 12.8 Å². The Morgan fingerprint density at radius 2 is 1.89 bits per heavy atom. The van der Waals surface area contributed by atoms with E-state index in [2.05, 4.69) is 30.7 Å². The molecule has 1 saturated carbocycles. The summed E-state index contributed by atoms with van der Waals surface area (Å²) in [7, 11) is -1.46. The highest BCUT2D eigenvalue weighted by Crippen LogP contribution is 2.35. The number of carbonyl (C=O) groups is 1. The van der Waals surface area contributed by atoms with Crippen LogP contribution in [-0.4, -0.2) is 83.2 Å². The standard InChI is InChI=1S/C25H41N5O4S/c1-6-7-17(2)27-25-26-16-22(23(28-25)18(3)19-8-10-21(31)11-9-19)24(32)29(4)20-12-14-30(15-13-20)35(5,33)34/h16-17,19-21,31H,3,6-15H2,1-2,4-5H3,(H,26,27,28)/t17?,19-,21+. The normalized spacial score (nSPS) is 23.0. The first kappa shape index (κ1) is 27.5. The molecule has 1 atom stereocenters. The Bertz CT molecular complexity index is 999. The van der Waals surface area contributed by atoms with Crippen molar-refractivity contribution in [3.63, 3.8) is 0 Å². The zero-order valence-electron chi connectivity index (χ0n) is 21.5. The van der Waals surface area contributed by atoms with Crippen LogP contribution in [0.25, 0.3) is 5.57 Å². The molecule has 3 rings (SSSR count). The molecule has 1 saturated heterocycles. The van der Waals surface area contributed by atoms with Crippen LogP contribution in [0.5, 0.6) is 0 Å². The molecule has 1 aliphatic heterocycles. The molecule has 0 bridgehead atoms. The Morgan fingerprint density at radius 3 is 2.46 bits per heavy atom. The Labute approximate surface area is 210 Å². The molecular weight excluding hydrogens is 466 g/mol. The first-order chi connectivity index (χ1) is 16.5. The fraction of sp³-hybridized carbons (Fsp3) is 0.720. The van der Waals surface area contributed by atoms with E-state index < -0.39 is 10.0 Å². The molecule has 2 N–H and O–H groups in total. The predicted molar refractivity (Wildman–Crippen MR) is 139 cm³/mol. The summed E-state index contributed by atoms with van der Waals surface area (Å²) in [6, 6.07) is 0.143. The molecule has 2 aliphatic rings. The first-order valence-electron chi connectivity index (χ1n) is 12.7. The molecule has 2 heterocycles. The van der Waals surface area contributed by atoms with Gasteiger partial charge < -0.3 is 15.3 Å². The lowest BCUT2D eigenvalue weighted by Crippen LogP contribution is -2.47. The van der Waals surface area contributed by atoms with Gasteiger partial charge in [-0.1, -0.05) is 19.9 Å². The number of amides is 1. The lowest BCUT2D eigenvalue weighted by atomic mass is 9.81. The second-order valence-corrected chi connectivity index (χ2v) is 12.1. The molecule has 2 fully saturated rings. The van der Waals surface area contributed by atoms with E-state index in [0.29, 0.717) is 43.1 Å². The van der Waals surface area contributed by atoms with Gasteiger partial charge in [0, 0.05) is 38.4 Å². The van der Waals surface area contributed by atoms with Crippen molar-refractivity contribution in [1.29, 1.82) is 0 Å². The molecule has 1 amide bonds. The molecule has 1 aromatic rings. The Hall–Kier alpha value is -2.04.